The van der Waals surface area contributed by atoms with E-state index in [1.165, 1.54) is 11.8 Å². The molecule has 3 N–H and O–H groups in total. The number of hydrogen-bond acceptors (Lipinski definition) is 9. The summed E-state index contributed by atoms with van der Waals surface area (Å²) in [4.78, 5) is 16.0. The molecule has 0 spiro atoms. The molecule has 10 nitrogen and oxygen atoms in total. The number of sulfonamides is 1. The average molecular weight is 689 g/mol. The molecule has 1 fully saturated rings. The van der Waals surface area contributed by atoms with Crippen molar-refractivity contribution in [3.63, 3.8) is 0 Å². The fourth-order valence-electron chi connectivity index (χ4n) is 4.40. The van der Waals surface area contributed by atoms with E-state index in [9.17, 15) is 34.8 Å². The molecule has 43 heavy (non-hydrogen) atoms. The van der Waals surface area contributed by atoms with Crippen LogP contribution in [0.25, 0.3) is 0 Å². The van der Waals surface area contributed by atoms with Gasteiger partial charge in [0.05, 0.1) is 23.3 Å². The van der Waals surface area contributed by atoms with Gasteiger partial charge in [0.1, 0.15) is 4.90 Å². The van der Waals surface area contributed by atoms with E-state index in [2.05, 4.69) is 10.2 Å². The summed E-state index contributed by atoms with van der Waals surface area (Å²) in [5, 5.41) is 7.84. The molecule has 2 aromatic rings. The van der Waals surface area contributed by atoms with Crippen LogP contribution in [0.4, 0.5) is 18.9 Å². The van der Waals surface area contributed by atoms with Gasteiger partial charge in [0.15, 0.2) is 0 Å². The first-order valence-electron chi connectivity index (χ1n) is 13.2. The van der Waals surface area contributed by atoms with Crippen molar-refractivity contribution in [1.29, 1.82) is 0 Å². The molecule has 242 valence electrons. The molecule has 2 unspecified atom stereocenters. The Morgan fingerprint density at radius 3 is 2.37 bits per heavy atom. The SMILES string of the molecule is CCN(CC)CC1CN(C(=O)CC(CSc2ccccc2)Nc2ccc(S(N)(=O)=O)cc2S(=O)(=O)C(F)(F)F)CCO1.Cl. The van der Waals surface area contributed by atoms with Crippen molar-refractivity contribution in [2.45, 2.75) is 52.6 Å². The van der Waals surface area contributed by atoms with E-state index >= 15 is 0 Å². The lowest BCUT2D eigenvalue weighted by Crippen LogP contribution is -2.50. The maximum absolute atomic E-state index is 13.6. The second kappa shape index (κ2) is 15.8. The Morgan fingerprint density at radius 2 is 1.79 bits per heavy atom. The standard InChI is InChI=1S/C26H35F3N4O6S3.ClH/c1-3-32(4-2)16-20-17-33(12-13-39-20)25(34)14-19(18-40-21-8-6-5-7-9-21)31-23-11-10-22(42(30,37)38)15-24(23)41(35,36)26(27,28)29;/h5-11,15,19-20,31H,3-4,12-14,16-18H2,1-2H3,(H2,30,37,38);1H. The van der Waals surface area contributed by atoms with Gasteiger partial charge in [0.25, 0.3) is 9.84 Å². The summed E-state index contributed by atoms with van der Waals surface area (Å²) in [6.07, 6.45) is -0.373. The normalized spacial score (nSPS) is 16.9. The molecule has 2 atom stereocenters. The first kappa shape index (κ1) is 37.1. The van der Waals surface area contributed by atoms with E-state index < -0.39 is 46.9 Å². The minimum Gasteiger partial charge on any atom is -0.380 e. The number of morpholine rings is 1. The lowest BCUT2D eigenvalue weighted by molar-refractivity contribution is -0.139. The molecule has 0 saturated carbocycles. The maximum Gasteiger partial charge on any atom is 0.501 e. The van der Waals surface area contributed by atoms with Crippen LogP contribution < -0.4 is 10.5 Å². The van der Waals surface area contributed by atoms with Crippen molar-refractivity contribution in [1.82, 2.24) is 9.80 Å². The number of primary sulfonamides is 1. The Labute approximate surface area is 260 Å². The van der Waals surface area contributed by atoms with Gasteiger partial charge in [-0.3, -0.25) is 4.79 Å². The maximum atomic E-state index is 13.6. The van der Waals surface area contributed by atoms with E-state index in [1.807, 2.05) is 32.0 Å². The van der Waals surface area contributed by atoms with E-state index in [0.717, 1.165) is 30.1 Å². The number of alkyl halides is 3. The van der Waals surface area contributed by atoms with Crippen molar-refractivity contribution in [3.05, 3.63) is 48.5 Å². The Bertz CT molecular complexity index is 1430. The topological polar surface area (TPSA) is 139 Å². The molecular weight excluding hydrogens is 653 g/mol. The van der Waals surface area contributed by atoms with E-state index in [0.29, 0.717) is 32.3 Å². The third-order valence-corrected chi connectivity index (χ3v) is 10.3. The highest BCUT2D eigenvalue weighted by Crippen LogP contribution is 2.36. The summed E-state index contributed by atoms with van der Waals surface area (Å²) in [6.45, 7) is 7.33. The van der Waals surface area contributed by atoms with Gasteiger partial charge in [-0.05, 0) is 43.4 Å². The van der Waals surface area contributed by atoms with Crippen LogP contribution >= 0.6 is 24.2 Å². The molecule has 0 aliphatic carbocycles. The minimum absolute atomic E-state index is 0. The fraction of sp³-hybridized carbons (Fsp3) is 0.500. The minimum atomic E-state index is -5.98. The molecule has 1 heterocycles. The molecule has 1 amide bonds. The monoisotopic (exact) mass is 688 g/mol. The third-order valence-electron chi connectivity index (χ3n) is 6.70. The van der Waals surface area contributed by atoms with Gasteiger partial charge in [-0.15, -0.1) is 24.2 Å². The summed E-state index contributed by atoms with van der Waals surface area (Å²) < 4.78 is 95.2. The van der Waals surface area contributed by atoms with Crippen LogP contribution in [0.3, 0.4) is 0 Å². The van der Waals surface area contributed by atoms with Crippen LogP contribution in [-0.4, -0.2) is 95.3 Å². The number of amides is 1. The number of halogens is 4. The number of carbonyl (C=O) groups excluding carboxylic acids is 1. The molecule has 1 saturated heterocycles. The lowest BCUT2D eigenvalue weighted by Gasteiger charge is -2.36. The second-order valence-electron chi connectivity index (χ2n) is 9.64. The number of ether oxygens (including phenoxy) is 1. The quantitative estimate of drug-likeness (QED) is 0.303. The van der Waals surface area contributed by atoms with Gasteiger partial charge in [0.2, 0.25) is 15.9 Å². The number of carbonyl (C=O) groups is 1. The van der Waals surface area contributed by atoms with Crippen LogP contribution in [0.15, 0.2) is 63.2 Å². The molecule has 3 rings (SSSR count). The number of nitrogens with zero attached hydrogens (tertiary/aromatic N) is 2. The van der Waals surface area contributed by atoms with Gasteiger partial charge < -0.3 is 19.9 Å². The fourth-order valence-corrected chi connectivity index (χ4v) is 6.90. The summed E-state index contributed by atoms with van der Waals surface area (Å²) in [6, 6.07) is 10.5. The Morgan fingerprint density at radius 1 is 1.14 bits per heavy atom. The summed E-state index contributed by atoms with van der Waals surface area (Å²) in [5.41, 5.74) is -6.20. The molecular formula is C26H36ClF3N4O6S3. The van der Waals surface area contributed by atoms with Crippen LogP contribution in [0.1, 0.15) is 20.3 Å². The first-order valence-corrected chi connectivity index (χ1v) is 17.2. The number of likely N-dealkylation sites (N-methyl/N-ethyl adjacent to an activating group) is 1. The summed E-state index contributed by atoms with van der Waals surface area (Å²) in [7, 11) is -10.5. The zero-order chi connectivity index (χ0) is 31.1. The highest BCUT2D eigenvalue weighted by molar-refractivity contribution is 7.99. The Balaban J connectivity index is 0.00000645. The molecule has 0 aromatic heterocycles. The van der Waals surface area contributed by atoms with Gasteiger partial charge >= 0.3 is 5.51 Å². The van der Waals surface area contributed by atoms with E-state index in [4.69, 9.17) is 9.88 Å². The molecule has 0 radical (unpaired) electrons. The summed E-state index contributed by atoms with van der Waals surface area (Å²) >= 11 is 1.33. The molecule has 2 aromatic carbocycles. The number of hydrogen-bond donors (Lipinski definition) is 2. The highest BCUT2D eigenvalue weighted by Gasteiger charge is 2.48. The molecule has 17 heteroatoms. The number of benzene rings is 2. The van der Waals surface area contributed by atoms with Crippen molar-refractivity contribution in [3.8, 4) is 0 Å². The zero-order valence-electron chi connectivity index (χ0n) is 23.6. The van der Waals surface area contributed by atoms with Crippen molar-refractivity contribution in [2.24, 2.45) is 5.14 Å². The first-order chi connectivity index (χ1) is 19.7. The number of thioether (sulfide) groups is 1. The largest absolute Gasteiger partial charge is 0.501 e. The van der Waals surface area contributed by atoms with Crippen LogP contribution in [0, 0.1) is 0 Å². The smallest absolute Gasteiger partial charge is 0.380 e. The number of rotatable bonds is 13. The predicted molar refractivity (Wildman–Crippen MR) is 162 cm³/mol. The van der Waals surface area contributed by atoms with Crippen molar-refractivity contribution in [2.75, 3.05) is 50.4 Å². The van der Waals surface area contributed by atoms with Gasteiger partial charge in [-0.2, -0.15) is 13.2 Å². The number of nitrogens with two attached hydrogens (primary N) is 1. The predicted octanol–water partition coefficient (Wildman–Crippen LogP) is 3.58. The van der Waals surface area contributed by atoms with Crippen molar-refractivity contribution < 1.29 is 39.5 Å². The molecule has 0 bridgehead atoms. The number of nitrogens with one attached hydrogen (secondary N) is 1. The van der Waals surface area contributed by atoms with Gasteiger partial charge in [0, 0.05) is 42.7 Å². The van der Waals surface area contributed by atoms with Crippen molar-refractivity contribution >= 4 is 55.6 Å². The van der Waals surface area contributed by atoms with Crippen LogP contribution in [0.2, 0.25) is 0 Å². The highest BCUT2D eigenvalue weighted by atomic mass is 35.5. The molecule has 1 aliphatic heterocycles. The van der Waals surface area contributed by atoms with Gasteiger partial charge in [-0.25, -0.2) is 22.0 Å². The molecule has 1 aliphatic rings. The Kier molecular flexibility index (Phi) is 13.6. The number of sulfone groups is 1. The van der Waals surface area contributed by atoms with Crippen LogP contribution in [-0.2, 0) is 29.4 Å². The average Bonchev–Trinajstić information content (AvgIpc) is 2.94. The van der Waals surface area contributed by atoms with E-state index in [1.54, 1.807) is 17.0 Å². The second-order valence-corrected chi connectivity index (χ2v) is 14.2. The Hall–Kier alpha value is -2.08. The van der Waals surface area contributed by atoms with E-state index in [-0.39, 0.29) is 36.6 Å². The number of anilines is 1. The zero-order valence-corrected chi connectivity index (χ0v) is 26.9. The summed E-state index contributed by atoms with van der Waals surface area (Å²) in [5.74, 6) is -0.0961. The third kappa shape index (κ3) is 10.2. The van der Waals surface area contributed by atoms with Gasteiger partial charge in [-0.1, -0.05) is 32.0 Å². The lowest BCUT2D eigenvalue weighted by atomic mass is 10.1. The van der Waals surface area contributed by atoms with Crippen LogP contribution in [0.5, 0.6) is 0 Å².